The van der Waals surface area contributed by atoms with Crippen LogP contribution in [0.4, 0.5) is 13.2 Å². The van der Waals surface area contributed by atoms with Crippen LogP contribution in [-0.2, 0) is 17.5 Å². The number of amides is 1. The van der Waals surface area contributed by atoms with Crippen molar-refractivity contribution >= 4 is 51.4 Å². The van der Waals surface area contributed by atoms with Gasteiger partial charge in [0.05, 0.1) is 28.7 Å². The molecule has 0 bridgehead atoms. The van der Waals surface area contributed by atoms with Crippen LogP contribution in [0.15, 0.2) is 52.5 Å². The van der Waals surface area contributed by atoms with Crippen molar-refractivity contribution in [2.24, 2.45) is 4.99 Å². The highest BCUT2D eigenvalue weighted by Gasteiger charge is 2.33. The van der Waals surface area contributed by atoms with Crippen molar-refractivity contribution in [1.82, 2.24) is 19.6 Å². The fraction of sp³-hybridized carbons (Fsp3) is 0.292. The lowest BCUT2D eigenvalue weighted by atomic mass is 10.1. The molecule has 0 N–H and O–H groups in total. The largest absolute Gasteiger partial charge is 0.416 e. The van der Waals surface area contributed by atoms with E-state index in [-0.39, 0.29) is 23.0 Å². The van der Waals surface area contributed by atoms with E-state index in [0.717, 1.165) is 30.1 Å². The second-order valence-corrected chi connectivity index (χ2v) is 9.90. The predicted molar refractivity (Wildman–Crippen MR) is 134 cm³/mol. The number of nitrogens with zero attached hydrogens (tertiary/aromatic N) is 5. The molecule has 1 aliphatic rings. The Bertz CT molecular complexity index is 1330. The molecule has 0 radical (unpaired) electrons. The van der Waals surface area contributed by atoms with Crippen LogP contribution in [0.1, 0.15) is 16.7 Å². The number of amidine groups is 1. The van der Waals surface area contributed by atoms with Crippen LogP contribution in [0.25, 0.3) is 17.0 Å². The van der Waals surface area contributed by atoms with Gasteiger partial charge in [-0.2, -0.15) is 23.3 Å². The summed E-state index contributed by atoms with van der Waals surface area (Å²) < 4.78 is 41.9. The molecular formula is C24H23ClF3N5OS. The van der Waals surface area contributed by atoms with E-state index in [0.29, 0.717) is 15.6 Å². The molecule has 0 unspecified atom stereocenters. The fourth-order valence-electron chi connectivity index (χ4n) is 3.59. The maximum atomic E-state index is 13.5. The number of benzene rings is 2. The van der Waals surface area contributed by atoms with E-state index < -0.39 is 11.7 Å². The average Bonchev–Trinajstić information content (AvgIpc) is 3.35. The first-order valence-corrected chi connectivity index (χ1v) is 11.9. The third-order valence-electron chi connectivity index (χ3n) is 5.48. The van der Waals surface area contributed by atoms with E-state index >= 15 is 0 Å². The van der Waals surface area contributed by atoms with Crippen LogP contribution < -0.4 is 0 Å². The molecule has 0 saturated carbocycles. The second kappa shape index (κ2) is 10.0. The van der Waals surface area contributed by atoms with Gasteiger partial charge in [0.1, 0.15) is 0 Å². The van der Waals surface area contributed by atoms with Gasteiger partial charge in [0, 0.05) is 30.5 Å². The zero-order valence-electron chi connectivity index (χ0n) is 19.3. The van der Waals surface area contributed by atoms with E-state index in [1.165, 1.54) is 28.6 Å². The topological polar surface area (TPSA) is 53.7 Å². The van der Waals surface area contributed by atoms with E-state index in [2.05, 4.69) is 15.0 Å². The summed E-state index contributed by atoms with van der Waals surface area (Å²) in [4.78, 5) is 21.1. The maximum Gasteiger partial charge on any atom is 0.416 e. The molecular weight excluding hydrogens is 499 g/mol. The monoisotopic (exact) mass is 521 g/mol. The Balaban J connectivity index is 1.54. The first-order chi connectivity index (χ1) is 16.5. The maximum absolute atomic E-state index is 13.5. The van der Waals surface area contributed by atoms with Gasteiger partial charge in [-0.05, 0) is 67.3 Å². The van der Waals surface area contributed by atoms with Crippen molar-refractivity contribution in [3.63, 3.8) is 0 Å². The van der Waals surface area contributed by atoms with E-state index in [9.17, 15) is 18.0 Å². The third-order valence-corrected chi connectivity index (χ3v) is 6.81. The number of fused-ring (bicyclic) bond motifs is 1. The molecule has 1 aliphatic heterocycles. The Hall–Kier alpha value is -2.82. The van der Waals surface area contributed by atoms with Gasteiger partial charge in [0.15, 0.2) is 5.17 Å². The van der Waals surface area contributed by atoms with E-state index in [4.69, 9.17) is 11.6 Å². The standard InChI is InChI=1S/C24H23ClF3N5OS/c1-31(2)8-9-32(3)23-30-22(34)21(35-23)11-15-4-7-20-17(10-15)13-29-33(20)14-16-5-6-18(25)12-19(16)24(26,27)28/h4-7,10-13H,8-9,14H2,1-3H3/b21-11-. The van der Waals surface area contributed by atoms with Crippen molar-refractivity contribution in [1.29, 1.82) is 0 Å². The quantitative estimate of drug-likeness (QED) is 0.416. The van der Waals surface area contributed by atoms with E-state index in [1.54, 1.807) is 18.3 Å². The van der Waals surface area contributed by atoms with Gasteiger partial charge in [0.2, 0.25) is 0 Å². The third kappa shape index (κ3) is 5.88. The molecule has 1 amide bonds. The number of hydrogen-bond donors (Lipinski definition) is 0. The minimum Gasteiger partial charge on any atom is -0.353 e. The average molecular weight is 522 g/mol. The number of likely N-dealkylation sites (N-methyl/N-ethyl adjacent to an activating group) is 2. The number of carbonyl (C=O) groups excluding carboxylic acids is 1. The fourth-order valence-corrected chi connectivity index (χ4v) is 4.66. The van der Waals surface area contributed by atoms with Crippen molar-refractivity contribution in [2.75, 3.05) is 34.2 Å². The van der Waals surface area contributed by atoms with Crippen LogP contribution in [0, 0.1) is 0 Å². The number of hydrogen-bond acceptors (Lipinski definition) is 5. The SMILES string of the molecule is CN(C)CCN(C)C1=NC(=O)/C(=C/c2ccc3c(cnn3Cc3ccc(Cl)cc3C(F)(F)F)c2)S1. The van der Waals surface area contributed by atoms with Crippen molar-refractivity contribution in [2.45, 2.75) is 12.7 Å². The van der Waals surface area contributed by atoms with Gasteiger partial charge in [0.25, 0.3) is 5.91 Å². The summed E-state index contributed by atoms with van der Waals surface area (Å²) in [6, 6.07) is 9.17. The Kier molecular flexibility index (Phi) is 7.25. The molecule has 0 aliphatic carbocycles. The van der Waals surface area contributed by atoms with Crippen molar-refractivity contribution in [3.05, 3.63) is 69.2 Å². The van der Waals surface area contributed by atoms with Gasteiger partial charge in [-0.15, -0.1) is 0 Å². The van der Waals surface area contributed by atoms with Gasteiger partial charge in [-0.3, -0.25) is 9.48 Å². The highest BCUT2D eigenvalue weighted by atomic mass is 35.5. The Labute approximate surface area is 210 Å². The lowest BCUT2D eigenvalue weighted by Gasteiger charge is -2.19. The normalized spacial score (nSPS) is 15.5. The van der Waals surface area contributed by atoms with E-state index in [1.807, 2.05) is 38.2 Å². The molecule has 4 rings (SSSR count). The first kappa shape index (κ1) is 25.3. The number of aliphatic imine (C=N–C) groups is 1. The van der Waals surface area contributed by atoms with Crippen LogP contribution in [0.2, 0.25) is 5.02 Å². The zero-order chi connectivity index (χ0) is 25.3. The first-order valence-electron chi connectivity index (χ1n) is 10.7. The highest BCUT2D eigenvalue weighted by Crippen LogP contribution is 2.35. The van der Waals surface area contributed by atoms with Gasteiger partial charge in [-0.25, -0.2) is 0 Å². The number of rotatable bonds is 6. The number of alkyl halides is 3. The smallest absolute Gasteiger partial charge is 0.353 e. The number of halogens is 4. The van der Waals surface area contributed by atoms with Crippen LogP contribution in [0.3, 0.4) is 0 Å². The van der Waals surface area contributed by atoms with Gasteiger partial charge in [-0.1, -0.05) is 23.7 Å². The number of aromatic nitrogens is 2. The lowest BCUT2D eigenvalue weighted by Crippen LogP contribution is -2.31. The van der Waals surface area contributed by atoms with Crippen molar-refractivity contribution in [3.8, 4) is 0 Å². The summed E-state index contributed by atoms with van der Waals surface area (Å²) in [6.07, 6.45) is -1.16. The predicted octanol–water partition coefficient (Wildman–Crippen LogP) is 5.22. The van der Waals surface area contributed by atoms with Gasteiger partial charge < -0.3 is 9.80 Å². The molecule has 0 fully saturated rings. The van der Waals surface area contributed by atoms with Crippen LogP contribution >= 0.6 is 23.4 Å². The molecule has 3 aromatic rings. The molecule has 35 heavy (non-hydrogen) atoms. The molecule has 0 saturated heterocycles. The zero-order valence-corrected chi connectivity index (χ0v) is 20.9. The number of carbonyl (C=O) groups is 1. The summed E-state index contributed by atoms with van der Waals surface area (Å²) in [6.45, 7) is 1.53. The molecule has 6 nitrogen and oxygen atoms in total. The summed E-state index contributed by atoms with van der Waals surface area (Å²) >= 11 is 7.11. The summed E-state index contributed by atoms with van der Waals surface area (Å²) in [5, 5.41) is 5.72. The molecule has 0 spiro atoms. The molecule has 184 valence electrons. The Morgan fingerprint density at radius 1 is 1.11 bits per heavy atom. The molecule has 11 heteroatoms. The number of thioether (sulfide) groups is 1. The van der Waals surface area contributed by atoms with Gasteiger partial charge >= 0.3 is 6.18 Å². The minimum absolute atomic E-state index is 0.0273. The molecule has 1 aromatic heterocycles. The van der Waals surface area contributed by atoms with Crippen LogP contribution in [-0.4, -0.2) is 64.9 Å². The van der Waals surface area contributed by atoms with Crippen LogP contribution in [0.5, 0.6) is 0 Å². The summed E-state index contributed by atoms with van der Waals surface area (Å²) in [5.74, 6) is -0.292. The molecule has 2 heterocycles. The summed E-state index contributed by atoms with van der Waals surface area (Å²) in [5.41, 5.74) is 0.760. The highest BCUT2D eigenvalue weighted by molar-refractivity contribution is 8.18. The summed E-state index contributed by atoms with van der Waals surface area (Å²) in [7, 11) is 5.87. The van der Waals surface area contributed by atoms with Crippen molar-refractivity contribution < 1.29 is 18.0 Å². The second-order valence-electron chi connectivity index (χ2n) is 8.45. The lowest BCUT2D eigenvalue weighted by molar-refractivity contribution is -0.138. The molecule has 2 aromatic carbocycles. The minimum atomic E-state index is -4.52. The molecule has 0 atom stereocenters. The Morgan fingerprint density at radius 2 is 1.89 bits per heavy atom. The Morgan fingerprint density at radius 3 is 2.60 bits per heavy atom.